The second kappa shape index (κ2) is 7.59. The first-order valence-electron chi connectivity index (χ1n) is 6.55. The van der Waals surface area contributed by atoms with Crippen molar-refractivity contribution in [1.29, 1.82) is 0 Å². The summed E-state index contributed by atoms with van der Waals surface area (Å²) < 4.78 is 5.16. The number of nitrogens with zero attached hydrogens (tertiary/aromatic N) is 1. The van der Waals surface area contributed by atoms with Gasteiger partial charge >= 0.3 is 0 Å². The Balaban J connectivity index is 2.18. The summed E-state index contributed by atoms with van der Waals surface area (Å²) in [4.78, 5) is 1.11. The molecule has 0 bridgehead atoms. The molecule has 4 nitrogen and oxygen atoms in total. The number of benzene rings is 2. The van der Waals surface area contributed by atoms with Crippen LogP contribution in [0.3, 0.4) is 0 Å². The standard InChI is InChI=1S/C16H18N2O2S/c1-20-13-7-9-14(10-8-13)21-15(11-16(17)18-19)12-5-3-2-4-6-12/h2-10,15,19H,11H2,1H3,(H2,17,18). The molecule has 0 radical (unpaired) electrons. The first kappa shape index (κ1) is 15.3. The summed E-state index contributed by atoms with van der Waals surface area (Å²) in [7, 11) is 1.65. The quantitative estimate of drug-likeness (QED) is 0.281. The van der Waals surface area contributed by atoms with Gasteiger partial charge in [0.05, 0.1) is 7.11 Å². The van der Waals surface area contributed by atoms with E-state index in [0.29, 0.717) is 6.42 Å². The second-order valence-corrected chi connectivity index (χ2v) is 5.76. The smallest absolute Gasteiger partial charge is 0.140 e. The van der Waals surface area contributed by atoms with Gasteiger partial charge in [0.1, 0.15) is 11.6 Å². The molecule has 1 atom stereocenters. The number of methoxy groups -OCH3 is 1. The van der Waals surface area contributed by atoms with Crippen molar-refractivity contribution in [3.63, 3.8) is 0 Å². The molecule has 0 aliphatic carbocycles. The molecule has 5 heteroatoms. The Morgan fingerprint density at radius 1 is 1.19 bits per heavy atom. The van der Waals surface area contributed by atoms with Crippen LogP contribution in [0.4, 0.5) is 0 Å². The van der Waals surface area contributed by atoms with E-state index in [0.717, 1.165) is 16.2 Å². The maximum absolute atomic E-state index is 8.80. The van der Waals surface area contributed by atoms with Crippen molar-refractivity contribution in [3.05, 3.63) is 60.2 Å². The molecule has 0 amide bonds. The van der Waals surface area contributed by atoms with Gasteiger partial charge in [-0.2, -0.15) is 0 Å². The van der Waals surface area contributed by atoms with Crippen LogP contribution in [0, 0.1) is 0 Å². The summed E-state index contributed by atoms with van der Waals surface area (Å²) in [5.41, 5.74) is 6.82. The number of ether oxygens (including phenoxy) is 1. The number of amidine groups is 1. The fourth-order valence-corrected chi connectivity index (χ4v) is 3.11. The summed E-state index contributed by atoms with van der Waals surface area (Å²) in [5, 5.41) is 12.0. The Kier molecular flexibility index (Phi) is 5.51. The normalized spacial score (nSPS) is 12.9. The number of hydrogen-bond donors (Lipinski definition) is 2. The van der Waals surface area contributed by atoms with Crippen LogP contribution in [0.25, 0.3) is 0 Å². The number of rotatable bonds is 6. The molecule has 0 aromatic heterocycles. The zero-order valence-electron chi connectivity index (χ0n) is 11.8. The second-order valence-electron chi connectivity index (χ2n) is 4.49. The van der Waals surface area contributed by atoms with Gasteiger partial charge < -0.3 is 15.7 Å². The van der Waals surface area contributed by atoms with Crippen molar-refractivity contribution in [3.8, 4) is 5.75 Å². The summed E-state index contributed by atoms with van der Waals surface area (Å²) in [6, 6.07) is 17.9. The fourth-order valence-electron chi connectivity index (χ4n) is 1.94. The number of hydrogen-bond acceptors (Lipinski definition) is 4. The van der Waals surface area contributed by atoms with Gasteiger partial charge in [0.15, 0.2) is 0 Å². The average molecular weight is 302 g/mol. The van der Waals surface area contributed by atoms with Crippen molar-refractivity contribution in [2.75, 3.05) is 7.11 Å². The van der Waals surface area contributed by atoms with E-state index in [1.165, 1.54) is 0 Å². The Morgan fingerprint density at radius 3 is 2.43 bits per heavy atom. The molecule has 0 saturated heterocycles. The highest BCUT2D eigenvalue weighted by atomic mass is 32.2. The van der Waals surface area contributed by atoms with E-state index in [4.69, 9.17) is 15.7 Å². The molecule has 0 saturated carbocycles. The molecular formula is C16H18N2O2S. The van der Waals surface area contributed by atoms with Crippen molar-refractivity contribution < 1.29 is 9.94 Å². The molecule has 2 aromatic carbocycles. The average Bonchev–Trinajstić information content (AvgIpc) is 2.55. The lowest BCUT2D eigenvalue weighted by atomic mass is 10.1. The van der Waals surface area contributed by atoms with Crippen molar-refractivity contribution in [2.24, 2.45) is 10.9 Å². The Bertz CT molecular complexity index is 585. The minimum Gasteiger partial charge on any atom is -0.497 e. The van der Waals surface area contributed by atoms with E-state index < -0.39 is 0 Å². The molecule has 110 valence electrons. The van der Waals surface area contributed by atoms with Crippen LogP contribution >= 0.6 is 11.8 Å². The van der Waals surface area contributed by atoms with Crippen LogP contribution < -0.4 is 10.5 Å². The predicted octanol–water partition coefficient (Wildman–Crippen LogP) is 3.67. The van der Waals surface area contributed by atoms with Gasteiger partial charge in [-0.05, 0) is 29.8 Å². The van der Waals surface area contributed by atoms with E-state index >= 15 is 0 Å². The number of oxime groups is 1. The largest absolute Gasteiger partial charge is 0.497 e. The summed E-state index contributed by atoms with van der Waals surface area (Å²) in [5.74, 6) is 1.05. The van der Waals surface area contributed by atoms with Gasteiger partial charge in [-0.25, -0.2) is 0 Å². The lowest BCUT2D eigenvalue weighted by Gasteiger charge is -2.16. The third-order valence-electron chi connectivity index (χ3n) is 3.03. The Labute approximate surface area is 128 Å². The SMILES string of the molecule is COc1ccc(SC(CC(N)=NO)c2ccccc2)cc1. The maximum Gasteiger partial charge on any atom is 0.140 e. The maximum atomic E-state index is 8.80. The van der Waals surface area contributed by atoms with E-state index in [1.807, 2.05) is 54.6 Å². The van der Waals surface area contributed by atoms with Crippen LogP contribution in [0.5, 0.6) is 5.75 Å². The van der Waals surface area contributed by atoms with Gasteiger partial charge in [-0.1, -0.05) is 35.5 Å². The first-order valence-corrected chi connectivity index (χ1v) is 7.43. The van der Waals surface area contributed by atoms with E-state index in [2.05, 4.69) is 5.16 Å². The molecule has 3 N–H and O–H groups in total. The summed E-state index contributed by atoms with van der Waals surface area (Å²) >= 11 is 1.68. The van der Waals surface area contributed by atoms with E-state index in [1.54, 1.807) is 18.9 Å². The van der Waals surface area contributed by atoms with Gasteiger partial charge in [0, 0.05) is 16.6 Å². The van der Waals surface area contributed by atoms with E-state index in [9.17, 15) is 0 Å². The van der Waals surface area contributed by atoms with Gasteiger partial charge in [-0.15, -0.1) is 11.8 Å². The monoisotopic (exact) mass is 302 g/mol. The molecule has 21 heavy (non-hydrogen) atoms. The Morgan fingerprint density at radius 2 is 1.86 bits per heavy atom. The molecule has 1 unspecified atom stereocenters. The minimum atomic E-state index is 0.0931. The Hall–Kier alpha value is -2.14. The first-order chi connectivity index (χ1) is 10.2. The molecular weight excluding hydrogens is 284 g/mol. The highest BCUT2D eigenvalue weighted by Gasteiger charge is 2.15. The van der Waals surface area contributed by atoms with Gasteiger partial charge in [0.2, 0.25) is 0 Å². The minimum absolute atomic E-state index is 0.0931. The molecule has 0 fully saturated rings. The van der Waals surface area contributed by atoms with Crippen LogP contribution in [-0.4, -0.2) is 18.2 Å². The lowest BCUT2D eigenvalue weighted by molar-refractivity contribution is 0.317. The highest BCUT2D eigenvalue weighted by molar-refractivity contribution is 7.99. The molecule has 2 rings (SSSR count). The van der Waals surface area contributed by atoms with Crippen LogP contribution in [0.1, 0.15) is 17.2 Å². The third kappa shape index (κ3) is 4.43. The van der Waals surface area contributed by atoms with Crippen molar-refractivity contribution in [2.45, 2.75) is 16.6 Å². The number of nitrogens with two attached hydrogens (primary N) is 1. The van der Waals surface area contributed by atoms with E-state index in [-0.39, 0.29) is 11.1 Å². The van der Waals surface area contributed by atoms with Gasteiger partial charge in [0.25, 0.3) is 0 Å². The number of thioether (sulfide) groups is 1. The highest BCUT2D eigenvalue weighted by Crippen LogP contribution is 2.38. The van der Waals surface area contributed by atoms with Crippen molar-refractivity contribution in [1.82, 2.24) is 0 Å². The molecule has 0 heterocycles. The zero-order chi connectivity index (χ0) is 15.1. The molecule has 0 aliphatic rings. The zero-order valence-corrected chi connectivity index (χ0v) is 12.6. The van der Waals surface area contributed by atoms with Crippen LogP contribution in [0.2, 0.25) is 0 Å². The summed E-state index contributed by atoms with van der Waals surface area (Å²) in [6.45, 7) is 0. The third-order valence-corrected chi connectivity index (χ3v) is 4.30. The van der Waals surface area contributed by atoms with Crippen LogP contribution in [0.15, 0.2) is 64.6 Å². The van der Waals surface area contributed by atoms with Gasteiger partial charge in [-0.3, -0.25) is 0 Å². The summed E-state index contributed by atoms with van der Waals surface area (Å²) in [6.07, 6.45) is 0.483. The van der Waals surface area contributed by atoms with Crippen LogP contribution in [-0.2, 0) is 0 Å². The lowest BCUT2D eigenvalue weighted by Crippen LogP contribution is -2.14. The molecule has 0 spiro atoms. The van der Waals surface area contributed by atoms with Crippen molar-refractivity contribution >= 4 is 17.6 Å². The molecule has 0 aliphatic heterocycles. The topological polar surface area (TPSA) is 67.8 Å². The fraction of sp³-hybridized carbons (Fsp3) is 0.188. The molecule has 2 aromatic rings. The predicted molar refractivity (Wildman–Crippen MR) is 86.1 cm³/mol.